The van der Waals surface area contributed by atoms with Crippen LogP contribution in [0.1, 0.15) is 63.6 Å². The molecule has 0 aromatic carbocycles. The number of likely N-dealkylation sites (tertiary alicyclic amines) is 2. The van der Waals surface area contributed by atoms with Crippen molar-refractivity contribution in [1.29, 1.82) is 0 Å². The van der Waals surface area contributed by atoms with Crippen molar-refractivity contribution >= 4 is 11.8 Å². The average molecular weight is 346 g/mol. The third kappa shape index (κ3) is 4.41. The lowest BCUT2D eigenvalue weighted by molar-refractivity contribution is -0.142. The molecule has 0 N–H and O–H groups in total. The van der Waals surface area contributed by atoms with Gasteiger partial charge in [0.15, 0.2) is 0 Å². The highest BCUT2D eigenvalue weighted by Gasteiger charge is 2.29. The number of hydrogen-bond donors (Lipinski definition) is 0. The van der Waals surface area contributed by atoms with E-state index in [1.165, 1.54) is 0 Å². The van der Waals surface area contributed by atoms with Crippen LogP contribution in [0.2, 0.25) is 0 Å². The van der Waals surface area contributed by atoms with Crippen molar-refractivity contribution in [2.45, 2.75) is 64.3 Å². The first-order valence-corrected chi connectivity index (χ1v) is 9.75. The first kappa shape index (κ1) is 18.0. The molecule has 1 atom stereocenters. The molecule has 138 valence electrons. The summed E-state index contributed by atoms with van der Waals surface area (Å²) in [4.78, 5) is 32.9. The van der Waals surface area contributed by atoms with E-state index in [2.05, 4.69) is 22.7 Å². The fourth-order valence-corrected chi connectivity index (χ4v) is 3.90. The number of carbonyl (C=O) groups excluding carboxylic acids is 2. The fourth-order valence-electron chi connectivity index (χ4n) is 3.90. The van der Waals surface area contributed by atoms with Crippen LogP contribution >= 0.6 is 0 Å². The van der Waals surface area contributed by atoms with Crippen LogP contribution in [0.3, 0.4) is 0 Å². The van der Waals surface area contributed by atoms with Gasteiger partial charge in [-0.1, -0.05) is 13.3 Å². The Morgan fingerprint density at radius 2 is 2.16 bits per heavy atom. The molecule has 0 aliphatic carbocycles. The highest BCUT2D eigenvalue weighted by atomic mass is 16.2. The smallest absolute Gasteiger partial charge is 0.242 e. The molecule has 2 aliphatic heterocycles. The van der Waals surface area contributed by atoms with Crippen LogP contribution in [0.4, 0.5) is 0 Å². The standard InChI is InChI=1S/C19H30N4O2/c1-2-3-10-21-13-9-20-19(21)16-7-6-12-22(14-16)18(25)15-23-11-5-4-8-17(23)24/h9,13,16H,2-8,10-12,14-15H2,1H3/t16-/m1/s1. The molecule has 2 aliphatic rings. The van der Waals surface area contributed by atoms with Crippen molar-refractivity contribution < 1.29 is 9.59 Å². The maximum Gasteiger partial charge on any atom is 0.242 e. The number of rotatable bonds is 6. The average Bonchev–Trinajstić information content (AvgIpc) is 3.10. The summed E-state index contributed by atoms with van der Waals surface area (Å²) in [5.74, 6) is 1.64. The van der Waals surface area contributed by atoms with E-state index in [4.69, 9.17) is 0 Å². The maximum atomic E-state index is 12.7. The minimum Gasteiger partial charge on any atom is -0.340 e. The van der Waals surface area contributed by atoms with Gasteiger partial charge in [0.25, 0.3) is 0 Å². The largest absolute Gasteiger partial charge is 0.340 e. The van der Waals surface area contributed by atoms with Gasteiger partial charge in [-0.15, -0.1) is 0 Å². The monoisotopic (exact) mass is 346 g/mol. The van der Waals surface area contributed by atoms with Gasteiger partial charge in [-0.25, -0.2) is 4.98 Å². The van der Waals surface area contributed by atoms with Crippen LogP contribution in [0.25, 0.3) is 0 Å². The summed E-state index contributed by atoms with van der Waals surface area (Å²) in [7, 11) is 0. The lowest BCUT2D eigenvalue weighted by atomic mass is 9.97. The molecule has 0 saturated carbocycles. The molecule has 6 heteroatoms. The lowest BCUT2D eigenvalue weighted by Crippen LogP contribution is -2.47. The molecule has 0 spiro atoms. The minimum atomic E-state index is 0.0895. The van der Waals surface area contributed by atoms with Gasteiger partial charge in [-0.3, -0.25) is 9.59 Å². The molecule has 0 bridgehead atoms. The van der Waals surface area contributed by atoms with Gasteiger partial charge in [0.2, 0.25) is 11.8 Å². The van der Waals surface area contributed by atoms with Gasteiger partial charge in [0.1, 0.15) is 5.82 Å². The van der Waals surface area contributed by atoms with E-state index in [1.807, 2.05) is 11.1 Å². The Labute approximate surface area is 150 Å². The van der Waals surface area contributed by atoms with Crippen molar-refractivity contribution in [2.75, 3.05) is 26.2 Å². The molecular formula is C19H30N4O2. The van der Waals surface area contributed by atoms with E-state index < -0.39 is 0 Å². The number of nitrogens with zero attached hydrogens (tertiary/aromatic N) is 4. The van der Waals surface area contributed by atoms with Crippen molar-refractivity contribution in [1.82, 2.24) is 19.4 Å². The molecule has 6 nitrogen and oxygen atoms in total. The second kappa shape index (κ2) is 8.50. The third-order valence-corrected chi connectivity index (χ3v) is 5.39. The Kier molecular flexibility index (Phi) is 6.10. The number of carbonyl (C=O) groups is 2. The maximum absolute atomic E-state index is 12.7. The zero-order valence-corrected chi connectivity index (χ0v) is 15.3. The van der Waals surface area contributed by atoms with Crippen molar-refractivity contribution in [3.05, 3.63) is 18.2 Å². The van der Waals surface area contributed by atoms with Gasteiger partial charge < -0.3 is 14.4 Å². The highest BCUT2D eigenvalue weighted by Crippen LogP contribution is 2.26. The summed E-state index contributed by atoms with van der Waals surface area (Å²) in [6, 6.07) is 0. The van der Waals surface area contributed by atoms with Gasteiger partial charge >= 0.3 is 0 Å². The Morgan fingerprint density at radius 1 is 1.28 bits per heavy atom. The number of hydrogen-bond acceptors (Lipinski definition) is 3. The minimum absolute atomic E-state index is 0.0895. The lowest BCUT2D eigenvalue weighted by Gasteiger charge is -2.35. The van der Waals surface area contributed by atoms with Gasteiger partial charge in [-0.2, -0.15) is 0 Å². The summed E-state index contributed by atoms with van der Waals surface area (Å²) >= 11 is 0. The quantitative estimate of drug-likeness (QED) is 0.795. The van der Waals surface area contributed by atoms with Crippen LogP contribution in [0.5, 0.6) is 0 Å². The Morgan fingerprint density at radius 3 is 2.96 bits per heavy atom. The van der Waals surface area contributed by atoms with E-state index in [1.54, 1.807) is 4.90 Å². The van der Waals surface area contributed by atoms with Crippen molar-refractivity contribution in [2.24, 2.45) is 0 Å². The molecule has 1 aromatic rings. The molecule has 2 saturated heterocycles. The Bertz CT molecular complexity index is 598. The number of aromatic nitrogens is 2. The number of unbranched alkanes of at least 4 members (excludes halogenated alkanes) is 1. The van der Waals surface area contributed by atoms with Crippen LogP contribution in [0.15, 0.2) is 12.4 Å². The predicted molar refractivity (Wildman–Crippen MR) is 96.1 cm³/mol. The highest BCUT2D eigenvalue weighted by molar-refractivity contribution is 5.85. The van der Waals surface area contributed by atoms with Crippen LogP contribution in [-0.2, 0) is 16.1 Å². The Balaban J connectivity index is 1.60. The Hall–Kier alpha value is -1.85. The molecule has 3 heterocycles. The van der Waals surface area contributed by atoms with Crippen LogP contribution < -0.4 is 0 Å². The summed E-state index contributed by atoms with van der Waals surface area (Å²) in [5, 5.41) is 0. The fraction of sp³-hybridized carbons (Fsp3) is 0.737. The van der Waals surface area contributed by atoms with Crippen LogP contribution in [0, 0.1) is 0 Å². The molecule has 1 aromatic heterocycles. The first-order chi connectivity index (χ1) is 12.2. The zero-order valence-electron chi connectivity index (χ0n) is 15.3. The normalized spacial score (nSPS) is 21.6. The number of piperidine rings is 2. The van der Waals surface area contributed by atoms with Gasteiger partial charge in [-0.05, 0) is 32.1 Å². The number of aryl methyl sites for hydroxylation is 1. The van der Waals surface area contributed by atoms with Gasteiger partial charge in [0.05, 0.1) is 6.54 Å². The van der Waals surface area contributed by atoms with E-state index >= 15 is 0 Å². The van der Waals surface area contributed by atoms with Crippen LogP contribution in [-0.4, -0.2) is 57.3 Å². The number of imidazole rings is 1. The molecule has 0 radical (unpaired) electrons. The third-order valence-electron chi connectivity index (χ3n) is 5.39. The molecule has 3 rings (SSSR count). The number of amides is 2. The molecule has 0 unspecified atom stereocenters. The molecule has 25 heavy (non-hydrogen) atoms. The summed E-state index contributed by atoms with van der Waals surface area (Å²) in [6.07, 6.45) is 10.9. The van der Waals surface area contributed by atoms with Crippen molar-refractivity contribution in [3.8, 4) is 0 Å². The topological polar surface area (TPSA) is 58.4 Å². The van der Waals surface area contributed by atoms with Crippen molar-refractivity contribution in [3.63, 3.8) is 0 Å². The predicted octanol–water partition coefficient (Wildman–Crippen LogP) is 2.40. The summed E-state index contributed by atoms with van der Waals surface area (Å²) in [6.45, 7) is 5.69. The molecule has 2 fully saturated rings. The van der Waals surface area contributed by atoms with Gasteiger partial charge in [0, 0.05) is 50.9 Å². The van der Waals surface area contributed by atoms with E-state index in [0.717, 1.165) is 70.5 Å². The summed E-state index contributed by atoms with van der Waals surface area (Å²) in [5.41, 5.74) is 0. The summed E-state index contributed by atoms with van der Waals surface area (Å²) < 4.78 is 2.25. The van der Waals surface area contributed by atoms with E-state index in [9.17, 15) is 9.59 Å². The van der Waals surface area contributed by atoms with E-state index in [-0.39, 0.29) is 18.4 Å². The SMILES string of the molecule is CCCCn1ccnc1[C@@H]1CCCN(C(=O)CN2CCCCC2=O)C1. The van der Waals surface area contributed by atoms with E-state index in [0.29, 0.717) is 12.3 Å². The first-order valence-electron chi connectivity index (χ1n) is 9.75. The second-order valence-corrected chi connectivity index (χ2v) is 7.28. The second-order valence-electron chi connectivity index (χ2n) is 7.28. The molecule has 2 amide bonds. The molecular weight excluding hydrogens is 316 g/mol. The zero-order chi connectivity index (χ0) is 17.6.